The fraction of sp³-hybridized carbons (Fsp3) is 0.158. The summed E-state index contributed by atoms with van der Waals surface area (Å²) in [5.74, 6) is 3.11. The maximum atomic E-state index is 5.70. The molecule has 0 fully saturated rings. The van der Waals surface area contributed by atoms with Crippen molar-refractivity contribution in [2.75, 3.05) is 20.3 Å². The molecule has 0 saturated heterocycles. The molecule has 0 atom stereocenters. The molecule has 0 saturated carbocycles. The van der Waals surface area contributed by atoms with Gasteiger partial charge in [0, 0.05) is 11.6 Å². The average molecular weight is 336 g/mol. The zero-order valence-electron chi connectivity index (χ0n) is 13.6. The van der Waals surface area contributed by atoms with Gasteiger partial charge in [-0.15, -0.1) is 10.2 Å². The molecule has 0 N–H and O–H groups in total. The quantitative estimate of drug-likeness (QED) is 0.724. The molecule has 1 aliphatic rings. The lowest BCUT2D eigenvalue weighted by Gasteiger charge is -2.18. The molecule has 126 valence electrons. The van der Waals surface area contributed by atoms with Crippen molar-refractivity contribution < 1.29 is 18.6 Å². The molecule has 4 rings (SSSR count). The first-order valence-corrected chi connectivity index (χ1v) is 7.87. The molecule has 0 spiro atoms. The second-order valence-corrected chi connectivity index (χ2v) is 5.41. The zero-order valence-corrected chi connectivity index (χ0v) is 13.6. The molecule has 0 radical (unpaired) electrons. The average Bonchev–Trinajstić information content (AvgIpc) is 3.15. The highest BCUT2D eigenvalue weighted by Gasteiger charge is 2.15. The van der Waals surface area contributed by atoms with E-state index in [9.17, 15) is 0 Å². The van der Waals surface area contributed by atoms with Crippen LogP contribution in [0.2, 0.25) is 0 Å². The van der Waals surface area contributed by atoms with Crippen LogP contribution in [0.4, 0.5) is 0 Å². The van der Waals surface area contributed by atoms with Crippen LogP contribution in [-0.4, -0.2) is 30.5 Å². The Morgan fingerprint density at radius 3 is 2.52 bits per heavy atom. The number of hydrogen-bond acceptors (Lipinski definition) is 6. The van der Waals surface area contributed by atoms with Gasteiger partial charge >= 0.3 is 0 Å². The summed E-state index contributed by atoms with van der Waals surface area (Å²) in [5.41, 5.74) is 1.81. The number of nitrogens with zero attached hydrogens (tertiary/aromatic N) is 2. The van der Waals surface area contributed by atoms with Crippen LogP contribution in [0.1, 0.15) is 11.5 Å². The normalized spacial score (nSPS) is 13.2. The van der Waals surface area contributed by atoms with Gasteiger partial charge < -0.3 is 18.6 Å². The molecule has 3 aromatic rings. The summed E-state index contributed by atoms with van der Waals surface area (Å²) in [6, 6.07) is 13.3. The largest absolute Gasteiger partial charge is 0.497 e. The van der Waals surface area contributed by atoms with Crippen molar-refractivity contribution in [1.29, 1.82) is 0 Å². The van der Waals surface area contributed by atoms with Crippen molar-refractivity contribution in [3.63, 3.8) is 0 Å². The summed E-state index contributed by atoms with van der Waals surface area (Å²) in [6.45, 7) is 1.10. The number of benzene rings is 2. The third kappa shape index (κ3) is 3.33. The summed E-state index contributed by atoms with van der Waals surface area (Å²) in [4.78, 5) is 0. The Hall–Kier alpha value is -3.28. The Balaban J connectivity index is 1.52. The summed E-state index contributed by atoms with van der Waals surface area (Å²) in [6.07, 6.45) is 3.68. The predicted octanol–water partition coefficient (Wildman–Crippen LogP) is 3.69. The van der Waals surface area contributed by atoms with E-state index in [4.69, 9.17) is 18.6 Å². The predicted molar refractivity (Wildman–Crippen MR) is 92.6 cm³/mol. The number of rotatable bonds is 4. The molecule has 1 aliphatic heterocycles. The van der Waals surface area contributed by atoms with E-state index in [2.05, 4.69) is 10.2 Å². The maximum absolute atomic E-state index is 5.70. The van der Waals surface area contributed by atoms with Crippen LogP contribution in [0.3, 0.4) is 0 Å². The Bertz CT molecular complexity index is 900. The van der Waals surface area contributed by atoms with Gasteiger partial charge in [-0.25, -0.2) is 0 Å². The number of methoxy groups -OCH3 is 1. The molecule has 2 heterocycles. The number of hydrogen-bond donors (Lipinski definition) is 0. The third-order valence-corrected chi connectivity index (χ3v) is 3.76. The van der Waals surface area contributed by atoms with Crippen molar-refractivity contribution in [3.8, 4) is 28.7 Å². The number of fused-ring (bicyclic) bond motifs is 1. The van der Waals surface area contributed by atoms with Crippen molar-refractivity contribution in [3.05, 3.63) is 53.9 Å². The van der Waals surface area contributed by atoms with Gasteiger partial charge in [0.2, 0.25) is 11.8 Å². The summed E-state index contributed by atoms with van der Waals surface area (Å²) < 4.78 is 21.9. The lowest BCUT2D eigenvalue weighted by atomic mass is 10.2. The Morgan fingerprint density at radius 1 is 0.920 bits per heavy atom. The van der Waals surface area contributed by atoms with Crippen molar-refractivity contribution in [1.82, 2.24) is 10.2 Å². The minimum Gasteiger partial charge on any atom is -0.497 e. The Kier molecular flexibility index (Phi) is 4.08. The number of aromatic nitrogens is 2. The van der Waals surface area contributed by atoms with Gasteiger partial charge in [-0.2, -0.15) is 0 Å². The van der Waals surface area contributed by atoms with Gasteiger partial charge in [-0.05, 0) is 42.0 Å². The van der Waals surface area contributed by atoms with Gasteiger partial charge in [0.1, 0.15) is 19.0 Å². The van der Waals surface area contributed by atoms with Crippen LogP contribution in [-0.2, 0) is 0 Å². The van der Waals surface area contributed by atoms with Crippen LogP contribution < -0.4 is 14.2 Å². The second-order valence-electron chi connectivity index (χ2n) is 5.41. The zero-order chi connectivity index (χ0) is 17.1. The maximum Gasteiger partial charge on any atom is 0.248 e. The fourth-order valence-corrected chi connectivity index (χ4v) is 2.48. The summed E-state index contributed by atoms with van der Waals surface area (Å²) >= 11 is 0. The second kappa shape index (κ2) is 6.68. The SMILES string of the molecule is COc1ccc(/C=C/c2nnc(-c3ccc4c(c3)OCCO4)o2)cc1. The van der Waals surface area contributed by atoms with Crippen molar-refractivity contribution in [2.24, 2.45) is 0 Å². The van der Waals surface area contributed by atoms with E-state index < -0.39 is 0 Å². The molecule has 1 aromatic heterocycles. The molecule has 25 heavy (non-hydrogen) atoms. The highest BCUT2D eigenvalue weighted by atomic mass is 16.6. The van der Waals surface area contributed by atoms with E-state index in [0.29, 0.717) is 30.7 Å². The van der Waals surface area contributed by atoms with Crippen LogP contribution in [0.5, 0.6) is 17.2 Å². The van der Waals surface area contributed by atoms with Gasteiger partial charge in [0.05, 0.1) is 7.11 Å². The minimum atomic E-state index is 0.431. The van der Waals surface area contributed by atoms with Crippen LogP contribution in [0, 0.1) is 0 Å². The standard InChI is InChI=1S/C19H16N2O4/c1-22-15-6-2-13(3-7-15)4-9-18-20-21-19(25-18)14-5-8-16-17(12-14)24-11-10-23-16/h2-9,12H,10-11H2,1H3/b9-4+. The van der Waals surface area contributed by atoms with Gasteiger partial charge in [-0.1, -0.05) is 12.1 Å². The molecule has 0 unspecified atom stereocenters. The highest BCUT2D eigenvalue weighted by Crippen LogP contribution is 2.34. The summed E-state index contributed by atoms with van der Waals surface area (Å²) in [7, 11) is 1.64. The molecular weight excluding hydrogens is 320 g/mol. The van der Waals surface area contributed by atoms with E-state index in [1.54, 1.807) is 13.2 Å². The Labute approximate surface area is 144 Å². The van der Waals surface area contributed by atoms with E-state index in [1.807, 2.05) is 48.5 Å². The van der Waals surface area contributed by atoms with Crippen molar-refractivity contribution in [2.45, 2.75) is 0 Å². The molecule has 0 bridgehead atoms. The Morgan fingerprint density at radius 2 is 1.72 bits per heavy atom. The summed E-state index contributed by atoms with van der Waals surface area (Å²) in [5, 5.41) is 8.14. The van der Waals surface area contributed by atoms with Crippen LogP contribution >= 0.6 is 0 Å². The van der Waals surface area contributed by atoms with Crippen molar-refractivity contribution >= 4 is 12.2 Å². The monoisotopic (exact) mass is 336 g/mol. The highest BCUT2D eigenvalue weighted by molar-refractivity contribution is 5.67. The molecule has 0 amide bonds. The first kappa shape index (κ1) is 15.3. The van der Waals surface area contributed by atoms with Gasteiger partial charge in [-0.3, -0.25) is 0 Å². The lowest BCUT2D eigenvalue weighted by Crippen LogP contribution is -2.15. The molecule has 6 nitrogen and oxygen atoms in total. The number of ether oxygens (including phenoxy) is 3. The topological polar surface area (TPSA) is 66.6 Å². The first-order chi connectivity index (χ1) is 12.3. The molecule has 2 aromatic carbocycles. The lowest BCUT2D eigenvalue weighted by molar-refractivity contribution is 0.171. The third-order valence-electron chi connectivity index (χ3n) is 3.76. The minimum absolute atomic E-state index is 0.431. The fourth-order valence-electron chi connectivity index (χ4n) is 2.48. The van der Waals surface area contributed by atoms with E-state index in [0.717, 1.165) is 22.6 Å². The molecular formula is C19H16N2O4. The van der Waals surface area contributed by atoms with Gasteiger partial charge in [0.25, 0.3) is 0 Å². The molecule has 6 heteroatoms. The first-order valence-electron chi connectivity index (χ1n) is 7.87. The van der Waals surface area contributed by atoms with Crippen LogP contribution in [0.15, 0.2) is 46.9 Å². The van der Waals surface area contributed by atoms with E-state index in [1.165, 1.54) is 0 Å². The smallest absolute Gasteiger partial charge is 0.248 e. The van der Waals surface area contributed by atoms with Gasteiger partial charge in [0.15, 0.2) is 11.5 Å². The van der Waals surface area contributed by atoms with E-state index in [-0.39, 0.29) is 0 Å². The molecule has 0 aliphatic carbocycles. The van der Waals surface area contributed by atoms with Crippen LogP contribution in [0.25, 0.3) is 23.6 Å². The van der Waals surface area contributed by atoms with E-state index >= 15 is 0 Å².